The minimum atomic E-state index is -0.655. The van der Waals surface area contributed by atoms with E-state index in [0.717, 1.165) is 50.1 Å². The topological polar surface area (TPSA) is 90.0 Å². The van der Waals surface area contributed by atoms with Crippen molar-refractivity contribution in [3.63, 3.8) is 0 Å². The predicted molar refractivity (Wildman–Crippen MR) is 96.2 cm³/mol. The first-order valence-electron chi connectivity index (χ1n) is 9.15. The number of carbonyl (C=O) groups is 3. The highest BCUT2D eigenvalue weighted by Gasteiger charge is 2.48. The molecule has 0 bridgehead atoms. The summed E-state index contributed by atoms with van der Waals surface area (Å²) in [4.78, 5) is 38.1. The van der Waals surface area contributed by atoms with Crippen LogP contribution in [0.1, 0.15) is 32.1 Å². The van der Waals surface area contributed by atoms with E-state index in [1.807, 2.05) is 24.3 Å². The van der Waals surface area contributed by atoms with Gasteiger partial charge < -0.3 is 10.0 Å². The largest absolute Gasteiger partial charge is 0.481 e. The van der Waals surface area contributed by atoms with Gasteiger partial charge in [0.15, 0.2) is 0 Å². The van der Waals surface area contributed by atoms with Gasteiger partial charge in [-0.1, -0.05) is 0 Å². The number of benzene rings is 1. The monoisotopic (exact) mass is 357 g/mol. The van der Waals surface area contributed by atoms with Gasteiger partial charge in [-0.2, -0.15) is 0 Å². The Kier molecular flexibility index (Phi) is 4.09. The van der Waals surface area contributed by atoms with Crippen molar-refractivity contribution < 1.29 is 19.5 Å². The van der Waals surface area contributed by atoms with Crippen molar-refractivity contribution in [3.05, 3.63) is 24.3 Å². The molecule has 0 aromatic heterocycles. The number of hydrogen-bond donors (Lipinski definition) is 2. The Labute approximate surface area is 152 Å². The van der Waals surface area contributed by atoms with Crippen LogP contribution < -0.4 is 15.1 Å². The van der Waals surface area contributed by atoms with Crippen molar-refractivity contribution in [1.29, 1.82) is 0 Å². The molecule has 2 heterocycles. The SMILES string of the molecule is O=C1CCN(c2ccc(N3CCC4(CC3)CC(C(=O)O)C4)cc2)C(=O)N1. The number of amides is 3. The number of aliphatic carboxylic acids is 1. The highest BCUT2D eigenvalue weighted by atomic mass is 16.4. The fourth-order valence-corrected chi connectivity index (χ4v) is 4.46. The van der Waals surface area contributed by atoms with Gasteiger partial charge in [-0.25, -0.2) is 4.79 Å². The Hall–Kier alpha value is -2.57. The predicted octanol–water partition coefficient (Wildman–Crippen LogP) is 2.21. The second-order valence-electron chi connectivity index (χ2n) is 7.70. The Morgan fingerprint density at radius 3 is 2.23 bits per heavy atom. The maximum absolute atomic E-state index is 11.9. The molecule has 2 saturated heterocycles. The number of carboxylic acids is 1. The highest BCUT2D eigenvalue weighted by molar-refractivity contribution is 6.05. The lowest BCUT2D eigenvalue weighted by atomic mass is 9.57. The summed E-state index contributed by atoms with van der Waals surface area (Å²) in [6.07, 6.45) is 4.03. The Balaban J connectivity index is 1.36. The van der Waals surface area contributed by atoms with Crippen LogP contribution in [0.4, 0.5) is 16.2 Å². The van der Waals surface area contributed by atoms with Crippen molar-refractivity contribution in [1.82, 2.24) is 5.32 Å². The molecular weight excluding hydrogens is 334 g/mol. The fourth-order valence-electron chi connectivity index (χ4n) is 4.46. The summed E-state index contributed by atoms with van der Waals surface area (Å²) in [5.41, 5.74) is 2.14. The van der Waals surface area contributed by atoms with Crippen LogP contribution >= 0.6 is 0 Å². The Bertz CT molecular complexity index is 730. The van der Waals surface area contributed by atoms with E-state index >= 15 is 0 Å². The number of carbonyl (C=O) groups excluding carboxylic acids is 2. The number of piperidine rings is 1. The molecule has 7 nitrogen and oxygen atoms in total. The maximum atomic E-state index is 11.9. The van der Waals surface area contributed by atoms with Crippen LogP contribution in [0.5, 0.6) is 0 Å². The van der Waals surface area contributed by atoms with E-state index in [-0.39, 0.29) is 23.3 Å². The molecule has 1 saturated carbocycles. The molecule has 2 N–H and O–H groups in total. The van der Waals surface area contributed by atoms with Gasteiger partial charge >= 0.3 is 12.0 Å². The molecule has 3 aliphatic rings. The first-order valence-corrected chi connectivity index (χ1v) is 9.15. The van der Waals surface area contributed by atoms with Crippen LogP contribution in [0, 0.1) is 11.3 Å². The molecule has 3 amide bonds. The number of rotatable bonds is 3. The van der Waals surface area contributed by atoms with Crippen molar-refractivity contribution in [2.45, 2.75) is 32.1 Å². The van der Waals surface area contributed by atoms with Gasteiger partial charge in [0, 0.05) is 37.4 Å². The third-order valence-corrected chi connectivity index (χ3v) is 6.11. The van der Waals surface area contributed by atoms with Crippen LogP contribution in [-0.4, -0.2) is 42.6 Å². The first kappa shape index (κ1) is 16.9. The molecule has 1 aromatic carbocycles. The maximum Gasteiger partial charge on any atom is 0.328 e. The molecule has 4 rings (SSSR count). The zero-order valence-electron chi connectivity index (χ0n) is 14.6. The van der Waals surface area contributed by atoms with E-state index in [0.29, 0.717) is 13.0 Å². The number of nitrogens with one attached hydrogen (secondary N) is 1. The molecule has 26 heavy (non-hydrogen) atoms. The van der Waals surface area contributed by atoms with E-state index in [4.69, 9.17) is 5.11 Å². The normalized spacial score (nSPS) is 22.9. The zero-order valence-corrected chi connectivity index (χ0v) is 14.6. The smallest absolute Gasteiger partial charge is 0.328 e. The van der Waals surface area contributed by atoms with Crippen LogP contribution in [0.15, 0.2) is 24.3 Å². The lowest BCUT2D eigenvalue weighted by molar-refractivity contribution is -0.151. The van der Waals surface area contributed by atoms with Crippen molar-refractivity contribution in [3.8, 4) is 0 Å². The number of urea groups is 1. The zero-order chi connectivity index (χ0) is 18.3. The van der Waals surface area contributed by atoms with E-state index in [2.05, 4.69) is 10.2 Å². The minimum absolute atomic E-state index is 0.150. The first-order chi connectivity index (χ1) is 12.5. The molecule has 0 radical (unpaired) electrons. The van der Waals surface area contributed by atoms with Gasteiger partial charge in [-0.15, -0.1) is 0 Å². The molecule has 2 aliphatic heterocycles. The Morgan fingerprint density at radius 2 is 1.65 bits per heavy atom. The number of imide groups is 1. The quantitative estimate of drug-likeness (QED) is 0.866. The van der Waals surface area contributed by atoms with Crippen LogP contribution in [-0.2, 0) is 9.59 Å². The lowest BCUT2D eigenvalue weighted by Gasteiger charge is -2.51. The molecule has 7 heteroatoms. The van der Waals surface area contributed by atoms with Crippen LogP contribution in [0.2, 0.25) is 0 Å². The molecule has 1 aliphatic carbocycles. The van der Waals surface area contributed by atoms with Crippen LogP contribution in [0.25, 0.3) is 0 Å². The van der Waals surface area contributed by atoms with Crippen LogP contribution in [0.3, 0.4) is 0 Å². The van der Waals surface area contributed by atoms with Crippen molar-refractivity contribution in [2.24, 2.45) is 11.3 Å². The van der Waals surface area contributed by atoms with E-state index < -0.39 is 5.97 Å². The number of hydrogen-bond acceptors (Lipinski definition) is 4. The van der Waals surface area contributed by atoms with Gasteiger partial charge in [0.1, 0.15) is 0 Å². The third-order valence-electron chi connectivity index (χ3n) is 6.11. The summed E-state index contributed by atoms with van der Waals surface area (Å²) in [5, 5.41) is 11.4. The number of carboxylic acid groups (broad SMARTS) is 1. The molecule has 138 valence electrons. The van der Waals surface area contributed by atoms with Crippen molar-refractivity contribution >= 4 is 29.3 Å². The summed E-state index contributed by atoms with van der Waals surface area (Å²) >= 11 is 0. The molecular formula is C19H23N3O4. The second kappa shape index (κ2) is 6.30. The molecule has 1 spiro atoms. The van der Waals surface area contributed by atoms with Gasteiger partial charge in [0.25, 0.3) is 0 Å². The summed E-state index contributed by atoms with van der Waals surface area (Å²) in [6.45, 7) is 2.27. The Morgan fingerprint density at radius 1 is 1.04 bits per heavy atom. The number of nitrogens with zero attached hydrogens (tertiary/aromatic N) is 2. The third kappa shape index (κ3) is 3.02. The van der Waals surface area contributed by atoms with Crippen molar-refractivity contribution in [2.75, 3.05) is 29.4 Å². The van der Waals surface area contributed by atoms with E-state index in [1.54, 1.807) is 4.90 Å². The standard InChI is InChI=1S/C19H23N3O4/c23-16-5-8-22(18(26)20-16)15-3-1-14(2-4-15)21-9-6-19(7-10-21)11-13(12-19)17(24)25/h1-4,13H,5-12H2,(H,24,25)(H,20,23,26). The highest BCUT2D eigenvalue weighted by Crippen LogP contribution is 2.52. The molecule has 0 atom stereocenters. The summed E-state index contributed by atoms with van der Waals surface area (Å²) in [6, 6.07) is 7.49. The van der Waals surface area contributed by atoms with E-state index in [1.165, 1.54) is 0 Å². The molecule has 0 unspecified atom stereocenters. The number of anilines is 2. The summed E-state index contributed by atoms with van der Waals surface area (Å²) in [7, 11) is 0. The average molecular weight is 357 g/mol. The van der Waals surface area contributed by atoms with Gasteiger partial charge in [-0.3, -0.25) is 19.8 Å². The average Bonchev–Trinajstić information content (AvgIpc) is 2.60. The second-order valence-corrected chi connectivity index (χ2v) is 7.70. The lowest BCUT2D eigenvalue weighted by Crippen LogP contribution is -2.49. The van der Waals surface area contributed by atoms with Gasteiger partial charge in [0.05, 0.1) is 5.92 Å². The molecule has 3 fully saturated rings. The summed E-state index contributed by atoms with van der Waals surface area (Å²) in [5.74, 6) is -1.04. The fraction of sp³-hybridized carbons (Fsp3) is 0.526. The molecule has 1 aromatic rings. The minimum Gasteiger partial charge on any atom is -0.481 e. The summed E-state index contributed by atoms with van der Waals surface area (Å²) < 4.78 is 0. The van der Waals surface area contributed by atoms with E-state index in [9.17, 15) is 14.4 Å². The van der Waals surface area contributed by atoms with Gasteiger partial charge in [0.2, 0.25) is 5.91 Å². The van der Waals surface area contributed by atoms with Gasteiger partial charge in [-0.05, 0) is 55.4 Å².